The fraction of sp³-hybridized carbons (Fsp3) is 0.250. The van der Waals surface area contributed by atoms with E-state index in [-0.39, 0.29) is 15.6 Å². The Bertz CT molecular complexity index is 1020. The van der Waals surface area contributed by atoms with Crippen LogP contribution < -0.4 is 4.74 Å². The highest BCUT2D eigenvalue weighted by Crippen LogP contribution is 2.56. The lowest BCUT2D eigenvalue weighted by Crippen LogP contribution is -2.11. The highest BCUT2D eigenvalue weighted by molar-refractivity contribution is 6.36. The number of rotatable bonds is 4. The third-order valence-electron chi connectivity index (χ3n) is 4.88. The molecular formula is C20H15Cl3FNO2. The number of aromatic nitrogens is 1. The van der Waals surface area contributed by atoms with E-state index in [2.05, 4.69) is 4.98 Å². The molecule has 1 aliphatic carbocycles. The maximum atomic E-state index is 14.5. The minimum atomic E-state index is -0.538. The smallest absolute Gasteiger partial charge is 0.205 e. The summed E-state index contributed by atoms with van der Waals surface area (Å²) in [6, 6.07) is 8.20. The number of aryl methyl sites for hydroxylation is 1. The lowest BCUT2D eigenvalue weighted by molar-refractivity contribution is 0.395. The van der Waals surface area contributed by atoms with Crippen LogP contribution >= 0.6 is 34.8 Å². The van der Waals surface area contributed by atoms with Gasteiger partial charge in [-0.2, -0.15) is 0 Å². The largest absolute Gasteiger partial charge is 0.496 e. The summed E-state index contributed by atoms with van der Waals surface area (Å²) in [6.45, 7) is 1.74. The Kier molecular flexibility index (Phi) is 4.61. The van der Waals surface area contributed by atoms with E-state index in [1.165, 1.54) is 12.1 Å². The van der Waals surface area contributed by atoms with Crippen molar-refractivity contribution < 1.29 is 13.5 Å². The van der Waals surface area contributed by atoms with Crippen molar-refractivity contribution in [2.24, 2.45) is 0 Å². The highest BCUT2D eigenvalue weighted by Gasteiger charge is 2.52. The summed E-state index contributed by atoms with van der Waals surface area (Å²) >= 11 is 18.2. The van der Waals surface area contributed by atoms with E-state index >= 15 is 0 Å². The molecule has 0 unspecified atom stereocenters. The van der Waals surface area contributed by atoms with E-state index in [0.717, 1.165) is 18.4 Å². The Morgan fingerprint density at radius 3 is 2.48 bits per heavy atom. The molecule has 7 heteroatoms. The van der Waals surface area contributed by atoms with E-state index in [0.29, 0.717) is 28.1 Å². The van der Waals surface area contributed by atoms with Crippen LogP contribution in [0, 0.1) is 12.7 Å². The maximum Gasteiger partial charge on any atom is 0.205 e. The molecule has 1 fully saturated rings. The minimum absolute atomic E-state index is 0.187. The lowest BCUT2D eigenvalue weighted by Gasteiger charge is -2.16. The summed E-state index contributed by atoms with van der Waals surface area (Å²) in [7, 11) is 1.60. The molecule has 1 heterocycles. The van der Waals surface area contributed by atoms with Crippen LogP contribution in [0.4, 0.5) is 4.39 Å². The number of methoxy groups -OCH3 is 1. The summed E-state index contributed by atoms with van der Waals surface area (Å²) < 4.78 is 26.0. The van der Waals surface area contributed by atoms with Crippen LogP contribution in [0.3, 0.4) is 0 Å². The molecule has 2 aromatic carbocycles. The first kappa shape index (κ1) is 18.6. The van der Waals surface area contributed by atoms with Crippen LogP contribution in [-0.2, 0) is 5.41 Å². The van der Waals surface area contributed by atoms with Gasteiger partial charge in [0.15, 0.2) is 0 Å². The van der Waals surface area contributed by atoms with E-state index in [9.17, 15) is 4.39 Å². The van der Waals surface area contributed by atoms with Gasteiger partial charge in [0.2, 0.25) is 5.89 Å². The molecule has 1 aliphatic rings. The average molecular weight is 427 g/mol. The number of hydrogen-bond acceptors (Lipinski definition) is 3. The summed E-state index contributed by atoms with van der Waals surface area (Å²) in [5.41, 5.74) is 1.11. The Morgan fingerprint density at radius 1 is 1.11 bits per heavy atom. The van der Waals surface area contributed by atoms with Crippen molar-refractivity contribution in [3.05, 3.63) is 68.4 Å². The summed E-state index contributed by atoms with van der Waals surface area (Å²) in [5, 5.41) is 1.01. The van der Waals surface area contributed by atoms with Crippen molar-refractivity contribution in [3.8, 4) is 17.0 Å². The SMILES string of the molecule is COc1cc(Cl)ccc1C1(c2nc(-c3c(F)cc(Cl)cc3Cl)c(C)o2)CC1. The van der Waals surface area contributed by atoms with Gasteiger partial charge in [0.05, 0.1) is 23.1 Å². The van der Waals surface area contributed by atoms with E-state index in [1.807, 2.05) is 12.1 Å². The number of ether oxygens (including phenoxy) is 1. The molecule has 0 bridgehead atoms. The standard InChI is InChI=1S/C20H15Cl3FNO2/c1-10-18(17-14(23)7-12(22)8-15(17)24)25-19(27-10)20(5-6-20)13-4-3-11(21)9-16(13)26-2/h3-4,7-9H,5-6H2,1-2H3. The number of halogens is 4. The van der Waals surface area contributed by atoms with Crippen molar-refractivity contribution in [2.45, 2.75) is 25.2 Å². The van der Waals surface area contributed by atoms with Crippen LogP contribution in [0.15, 0.2) is 34.7 Å². The second-order valence-corrected chi connectivity index (χ2v) is 7.88. The monoisotopic (exact) mass is 425 g/mol. The minimum Gasteiger partial charge on any atom is -0.496 e. The molecule has 4 rings (SSSR count). The first-order valence-corrected chi connectivity index (χ1v) is 9.46. The van der Waals surface area contributed by atoms with Gasteiger partial charge < -0.3 is 9.15 Å². The van der Waals surface area contributed by atoms with Crippen LogP contribution in [0.5, 0.6) is 5.75 Å². The van der Waals surface area contributed by atoms with Gasteiger partial charge in [-0.25, -0.2) is 9.37 Å². The molecular weight excluding hydrogens is 412 g/mol. The third kappa shape index (κ3) is 3.10. The van der Waals surface area contributed by atoms with Gasteiger partial charge in [-0.05, 0) is 44.0 Å². The second kappa shape index (κ2) is 6.69. The van der Waals surface area contributed by atoms with Crippen LogP contribution in [-0.4, -0.2) is 12.1 Å². The fourth-order valence-corrected chi connectivity index (χ4v) is 4.11. The van der Waals surface area contributed by atoms with Gasteiger partial charge in [-0.15, -0.1) is 0 Å². The van der Waals surface area contributed by atoms with Crippen molar-refractivity contribution >= 4 is 34.8 Å². The zero-order valence-corrected chi connectivity index (χ0v) is 16.8. The zero-order valence-electron chi connectivity index (χ0n) is 14.6. The third-order valence-corrected chi connectivity index (χ3v) is 5.63. The van der Waals surface area contributed by atoms with Crippen molar-refractivity contribution in [1.29, 1.82) is 0 Å². The molecule has 0 atom stereocenters. The van der Waals surface area contributed by atoms with Gasteiger partial charge in [0.1, 0.15) is 23.0 Å². The number of nitrogens with zero attached hydrogens (tertiary/aromatic N) is 1. The summed E-state index contributed by atoms with van der Waals surface area (Å²) in [6.07, 6.45) is 1.70. The van der Waals surface area contributed by atoms with Gasteiger partial charge in [0, 0.05) is 15.6 Å². The van der Waals surface area contributed by atoms with Gasteiger partial charge >= 0.3 is 0 Å². The number of oxazole rings is 1. The van der Waals surface area contributed by atoms with Crippen LogP contribution in [0.25, 0.3) is 11.3 Å². The molecule has 0 aliphatic heterocycles. The molecule has 0 N–H and O–H groups in total. The predicted molar refractivity (Wildman–Crippen MR) is 105 cm³/mol. The molecule has 140 valence electrons. The molecule has 0 radical (unpaired) electrons. The van der Waals surface area contributed by atoms with E-state index in [4.69, 9.17) is 44.0 Å². The van der Waals surface area contributed by atoms with Crippen molar-refractivity contribution in [3.63, 3.8) is 0 Å². The molecule has 1 saturated carbocycles. The topological polar surface area (TPSA) is 35.3 Å². The van der Waals surface area contributed by atoms with Gasteiger partial charge in [0.25, 0.3) is 0 Å². The lowest BCUT2D eigenvalue weighted by atomic mass is 9.95. The molecule has 3 nitrogen and oxygen atoms in total. The molecule has 0 spiro atoms. The highest BCUT2D eigenvalue weighted by atomic mass is 35.5. The molecule has 0 amide bonds. The number of benzene rings is 2. The van der Waals surface area contributed by atoms with Crippen molar-refractivity contribution in [1.82, 2.24) is 4.98 Å². The first-order valence-electron chi connectivity index (χ1n) is 8.32. The van der Waals surface area contributed by atoms with Crippen molar-refractivity contribution in [2.75, 3.05) is 7.11 Å². The molecule has 27 heavy (non-hydrogen) atoms. The van der Waals surface area contributed by atoms with Gasteiger partial charge in [-0.3, -0.25) is 0 Å². The Hall–Kier alpha value is -1.75. The predicted octanol–water partition coefficient (Wildman–Crippen LogP) is 6.84. The maximum absolute atomic E-state index is 14.5. The molecule has 3 aromatic rings. The van der Waals surface area contributed by atoms with E-state index < -0.39 is 11.2 Å². The summed E-state index contributed by atoms with van der Waals surface area (Å²) in [5.74, 6) is 1.14. The number of hydrogen-bond donors (Lipinski definition) is 0. The normalized spacial score (nSPS) is 15.0. The first-order chi connectivity index (χ1) is 12.9. The summed E-state index contributed by atoms with van der Waals surface area (Å²) in [4.78, 5) is 4.62. The Balaban J connectivity index is 1.83. The van der Waals surface area contributed by atoms with Crippen LogP contribution in [0.1, 0.15) is 30.1 Å². The quantitative estimate of drug-likeness (QED) is 0.458. The molecule has 1 aromatic heterocycles. The molecule has 0 saturated heterocycles. The van der Waals surface area contributed by atoms with Crippen LogP contribution in [0.2, 0.25) is 15.1 Å². The fourth-order valence-electron chi connectivity index (χ4n) is 3.39. The Morgan fingerprint density at radius 2 is 1.85 bits per heavy atom. The van der Waals surface area contributed by atoms with E-state index in [1.54, 1.807) is 20.1 Å². The zero-order chi connectivity index (χ0) is 19.3. The second-order valence-electron chi connectivity index (χ2n) is 6.59. The van der Waals surface area contributed by atoms with Gasteiger partial charge in [-0.1, -0.05) is 40.9 Å². The average Bonchev–Trinajstić information content (AvgIpc) is 3.32. The Labute approximate surface area is 171 Å².